The van der Waals surface area contributed by atoms with Crippen LogP contribution in [0, 0.1) is 0 Å². The Morgan fingerprint density at radius 1 is 1.67 bits per heavy atom. The fraction of sp³-hybridized carbons (Fsp3) is 0.200. The third-order valence-corrected chi connectivity index (χ3v) is 1.54. The van der Waals surface area contributed by atoms with E-state index >= 15 is 0 Å². The van der Waals surface area contributed by atoms with Gasteiger partial charge in [0.2, 0.25) is 5.11 Å². The Balaban J connectivity index is 2.43. The highest BCUT2D eigenvalue weighted by Crippen LogP contribution is 1.84. The largest absolute Gasteiger partial charge is 0.353 e. The number of rotatable bonds is 2. The summed E-state index contributed by atoms with van der Waals surface area (Å²) >= 11 is 4.77. The fourth-order valence-electron chi connectivity index (χ4n) is 0.706. The van der Waals surface area contributed by atoms with Crippen LogP contribution in [0.3, 0.4) is 0 Å². The van der Waals surface area contributed by atoms with Crippen LogP contribution in [0.2, 0.25) is 0 Å². The van der Waals surface area contributed by atoms with E-state index in [0.717, 1.165) is 5.69 Å². The van der Waals surface area contributed by atoms with Crippen molar-refractivity contribution in [1.82, 2.24) is 20.9 Å². The molecular weight excluding hydrogens is 178 g/mol. The third kappa shape index (κ3) is 2.36. The summed E-state index contributed by atoms with van der Waals surface area (Å²) in [5.41, 5.74) is 3.11. The first kappa shape index (κ1) is 8.75. The average Bonchev–Trinajstić information content (AvgIpc) is 2.47. The zero-order valence-corrected chi connectivity index (χ0v) is 7.12. The molecular formula is C5H10N5OS+. The van der Waals surface area contributed by atoms with Crippen molar-refractivity contribution in [2.24, 2.45) is 0 Å². The van der Waals surface area contributed by atoms with Crippen molar-refractivity contribution in [1.29, 1.82) is 0 Å². The van der Waals surface area contributed by atoms with Gasteiger partial charge in [-0.1, -0.05) is 0 Å². The molecule has 0 amide bonds. The second kappa shape index (κ2) is 3.88. The second-order valence-corrected chi connectivity index (χ2v) is 2.55. The van der Waals surface area contributed by atoms with Crippen LogP contribution in [0.1, 0.15) is 5.69 Å². The van der Waals surface area contributed by atoms with Crippen LogP contribution >= 0.6 is 12.2 Å². The van der Waals surface area contributed by atoms with Crippen LogP contribution in [-0.4, -0.2) is 15.3 Å². The number of nitrogens with one attached hydrogen (secondary N) is 4. The quantitative estimate of drug-likeness (QED) is 0.269. The van der Waals surface area contributed by atoms with E-state index in [1.165, 1.54) is 6.07 Å². The zero-order chi connectivity index (χ0) is 8.97. The number of aromatic nitrogens is 2. The number of hydrogen-bond donors (Lipinski definition) is 5. The van der Waals surface area contributed by atoms with Gasteiger partial charge in [0.05, 0.1) is 12.2 Å². The van der Waals surface area contributed by atoms with Gasteiger partial charge < -0.3 is 10.4 Å². The molecule has 12 heavy (non-hydrogen) atoms. The van der Waals surface area contributed by atoms with Gasteiger partial charge in [0.1, 0.15) is 0 Å². The first-order valence-corrected chi connectivity index (χ1v) is 3.70. The normalized spacial score (nSPS) is 9.42. The molecule has 1 aromatic rings. The lowest BCUT2D eigenvalue weighted by atomic mass is 10.4. The maximum Gasteiger partial charge on any atom is 0.264 e. The molecule has 66 valence electrons. The molecule has 1 rings (SSSR count). The van der Waals surface area contributed by atoms with Gasteiger partial charge in [0, 0.05) is 6.07 Å². The maximum absolute atomic E-state index is 10.6. The van der Waals surface area contributed by atoms with E-state index in [4.69, 9.17) is 12.2 Å². The molecule has 0 aromatic carbocycles. The first-order valence-electron chi connectivity index (χ1n) is 3.30. The SMILES string of the molecule is [NH3+]NC(=S)NCc1cc(=O)[nH][nH]1. The van der Waals surface area contributed by atoms with Gasteiger partial charge in [0.15, 0.2) is 0 Å². The lowest BCUT2D eigenvalue weighted by Gasteiger charge is -2.01. The monoisotopic (exact) mass is 188 g/mol. The molecule has 0 fully saturated rings. The Hall–Kier alpha value is -1.34. The molecule has 0 aliphatic rings. The molecule has 1 heterocycles. The lowest BCUT2D eigenvalue weighted by molar-refractivity contribution is -0.419. The minimum Gasteiger partial charge on any atom is -0.353 e. The minimum absolute atomic E-state index is 0.152. The Morgan fingerprint density at radius 3 is 2.92 bits per heavy atom. The summed E-state index contributed by atoms with van der Waals surface area (Å²) in [7, 11) is 0. The van der Waals surface area contributed by atoms with Crippen LogP contribution in [0.5, 0.6) is 0 Å². The molecule has 1 aromatic heterocycles. The van der Waals surface area contributed by atoms with Crippen LogP contribution in [0.15, 0.2) is 10.9 Å². The van der Waals surface area contributed by atoms with Gasteiger partial charge >= 0.3 is 0 Å². The highest BCUT2D eigenvalue weighted by molar-refractivity contribution is 7.80. The predicted molar refractivity (Wildman–Crippen MR) is 46.9 cm³/mol. The summed E-state index contributed by atoms with van der Waals surface area (Å²) in [6, 6.07) is 1.46. The van der Waals surface area contributed by atoms with E-state index < -0.39 is 0 Å². The fourth-order valence-corrected chi connectivity index (χ4v) is 0.778. The van der Waals surface area contributed by atoms with Gasteiger partial charge in [-0.05, 0) is 12.2 Å². The predicted octanol–water partition coefficient (Wildman–Crippen LogP) is -2.18. The van der Waals surface area contributed by atoms with Crippen LogP contribution in [-0.2, 0) is 6.54 Å². The highest BCUT2D eigenvalue weighted by atomic mass is 32.1. The van der Waals surface area contributed by atoms with Gasteiger partial charge in [-0.3, -0.25) is 15.7 Å². The van der Waals surface area contributed by atoms with Crippen molar-refractivity contribution in [3.63, 3.8) is 0 Å². The molecule has 0 radical (unpaired) electrons. The smallest absolute Gasteiger partial charge is 0.264 e. The molecule has 0 unspecified atom stereocenters. The molecule has 7 N–H and O–H groups in total. The molecule has 0 saturated carbocycles. The van der Waals surface area contributed by atoms with Crippen molar-refractivity contribution >= 4 is 17.3 Å². The number of aromatic amines is 2. The summed E-state index contributed by atoms with van der Waals surface area (Å²) in [6.07, 6.45) is 0. The Bertz CT molecular complexity index is 316. The molecule has 7 heteroatoms. The van der Waals surface area contributed by atoms with Crippen molar-refractivity contribution in [3.05, 3.63) is 22.1 Å². The topological polar surface area (TPSA) is 100 Å². The summed E-state index contributed by atoms with van der Waals surface area (Å²) in [6.45, 7) is 0.472. The molecule has 6 nitrogen and oxygen atoms in total. The number of quaternary nitrogens is 1. The van der Waals surface area contributed by atoms with Crippen LogP contribution in [0.4, 0.5) is 0 Å². The zero-order valence-electron chi connectivity index (χ0n) is 6.31. The molecule has 0 spiro atoms. The van der Waals surface area contributed by atoms with Gasteiger partial charge in [-0.15, -0.1) is 0 Å². The second-order valence-electron chi connectivity index (χ2n) is 2.14. The standard InChI is InChI=1S/C5H9N5OS/c6-8-5(12)7-2-3-1-4(11)10-9-3/h1H,2,6H2,(H2,7,8,12)(H2,9,10,11)/p+1. The highest BCUT2D eigenvalue weighted by Gasteiger charge is 1.96. The number of thiocarbonyl (C=S) groups is 1. The van der Waals surface area contributed by atoms with Crippen LogP contribution in [0.25, 0.3) is 0 Å². The Labute approximate surface area is 73.5 Å². The van der Waals surface area contributed by atoms with Gasteiger partial charge in [-0.25, -0.2) is 5.43 Å². The van der Waals surface area contributed by atoms with Gasteiger partial charge in [-0.2, -0.15) is 0 Å². The van der Waals surface area contributed by atoms with E-state index in [1.807, 2.05) is 0 Å². The van der Waals surface area contributed by atoms with Crippen molar-refractivity contribution in [3.8, 4) is 0 Å². The van der Waals surface area contributed by atoms with E-state index in [1.54, 1.807) is 0 Å². The molecule has 0 bridgehead atoms. The molecule has 0 atom stereocenters. The van der Waals surface area contributed by atoms with E-state index in [0.29, 0.717) is 11.7 Å². The van der Waals surface area contributed by atoms with Crippen molar-refractivity contribution in [2.75, 3.05) is 0 Å². The summed E-state index contributed by atoms with van der Waals surface area (Å²) < 4.78 is 0. The minimum atomic E-state index is -0.152. The Kier molecular flexibility index (Phi) is 2.83. The van der Waals surface area contributed by atoms with Crippen LogP contribution < -0.4 is 22.1 Å². The summed E-state index contributed by atoms with van der Waals surface area (Å²) in [5.74, 6) is 3.37. The first-order chi connectivity index (χ1) is 5.72. The average molecular weight is 188 g/mol. The van der Waals surface area contributed by atoms with Crippen molar-refractivity contribution in [2.45, 2.75) is 6.54 Å². The Morgan fingerprint density at radius 2 is 2.42 bits per heavy atom. The van der Waals surface area contributed by atoms with E-state index in [2.05, 4.69) is 26.8 Å². The maximum atomic E-state index is 10.6. The summed E-state index contributed by atoms with van der Waals surface area (Å²) in [4.78, 5) is 10.6. The van der Waals surface area contributed by atoms with Crippen molar-refractivity contribution < 1.29 is 5.84 Å². The number of hydrogen-bond acceptors (Lipinski definition) is 2. The lowest BCUT2D eigenvalue weighted by Crippen LogP contribution is -2.69. The molecule has 0 saturated heterocycles. The molecule has 0 aliphatic carbocycles. The number of H-pyrrole nitrogens is 2. The molecule has 0 aliphatic heterocycles. The van der Waals surface area contributed by atoms with E-state index in [9.17, 15) is 4.79 Å². The summed E-state index contributed by atoms with van der Waals surface area (Å²) in [5, 5.41) is 8.36. The third-order valence-electron chi connectivity index (χ3n) is 1.25. The van der Waals surface area contributed by atoms with Gasteiger partial charge in [0.25, 0.3) is 5.56 Å². The van der Waals surface area contributed by atoms with E-state index in [-0.39, 0.29) is 5.56 Å².